The van der Waals surface area contributed by atoms with Gasteiger partial charge >= 0.3 is 0 Å². The van der Waals surface area contributed by atoms with E-state index >= 15 is 0 Å². The van der Waals surface area contributed by atoms with Gasteiger partial charge < -0.3 is 10.2 Å². The first-order chi connectivity index (χ1) is 16.5. The van der Waals surface area contributed by atoms with E-state index in [9.17, 15) is 19.8 Å². The highest BCUT2D eigenvalue weighted by atomic mass is 16.3. The predicted molar refractivity (Wildman–Crippen MR) is 148 cm³/mol. The second-order valence-electron chi connectivity index (χ2n) is 13.5. The molecule has 0 atom stereocenters. The van der Waals surface area contributed by atoms with Crippen LogP contribution in [0.15, 0.2) is 58.7 Å². The van der Waals surface area contributed by atoms with E-state index in [4.69, 9.17) is 0 Å². The van der Waals surface area contributed by atoms with Crippen LogP contribution in [0, 0.1) is 21.7 Å². The van der Waals surface area contributed by atoms with Crippen molar-refractivity contribution in [1.82, 2.24) is 0 Å². The lowest BCUT2D eigenvalue weighted by molar-refractivity contribution is -0.113. The molecule has 2 aliphatic rings. The van der Waals surface area contributed by atoms with Gasteiger partial charge in [0.1, 0.15) is 0 Å². The molecule has 0 aromatic rings. The van der Waals surface area contributed by atoms with Crippen LogP contribution in [0.25, 0.3) is 0 Å². The number of allylic oxidation sites excluding steroid dienone is 10. The number of aliphatic hydroxyl groups is 2. The lowest BCUT2D eigenvalue weighted by Gasteiger charge is -2.27. The van der Waals surface area contributed by atoms with Gasteiger partial charge in [0.15, 0.2) is 11.6 Å². The first-order valence-corrected chi connectivity index (χ1v) is 13.4. The third-order valence-electron chi connectivity index (χ3n) is 7.15. The summed E-state index contributed by atoms with van der Waals surface area (Å²) in [6.45, 7) is 16.8. The van der Waals surface area contributed by atoms with Crippen molar-refractivity contribution < 1.29 is 19.8 Å². The molecule has 200 valence electrons. The van der Waals surface area contributed by atoms with E-state index in [2.05, 4.69) is 39.8 Å². The Hall–Kier alpha value is -2.04. The minimum atomic E-state index is -0.246. The number of carbonyl (C=O) groups excluding carboxylic acids is 2. The van der Waals surface area contributed by atoms with Crippen LogP contribution in [0.5, 0.6) is 0 Å². The van der Waals surface area contributed by atoms with Crippen molar-refractivity contribution in [2.24, 2.45) is 21.7 Å². The Labute approximate surface area is 219 Å². The molecule has 0 unspecified atom stereocenters. The fourth-order valence-corrected chi connectivity index (χ4v) is 4.89. The molecule has 4 heteroatoms. The van der Waals surface area contributed by atoms with Crippen LogP contribution in [-0.4, -0.2) is 35.0 Å². The lowest BCUT2D eigenvalue weighted by atomic mass is 9.77. The molecule has 0 saturated heterocycles. The normalized spacial score (nSPS) is 20.3. The summed E-state index contributed by atoms with van der Waals surface area (Å²) in [5.74, 6) is 0.0509. The Kier molecular flexibility index (Phi) is 9.70. The third kappa shape index (κ3) is 8.81. The van der Waals surface area contributed by atoms with E-state index in [0.717, 1.165) is 36.8 Å². The fourth-order valence-electron chi connectivity index (χ4n) is 4.89. The summed E-state index contributed by atoms with van der Waals surface area (Å²) in [6.07, 6.45) is 16.5. The Morgan fingerprint density at radius 2 is 1.00 bits per heavy atom. The number of carbonyl (C=O) groups is 2. The monoisotopic (exact) mass is 496 g/mol. The minimum Gasteiger partial charge on any atom is -0.396 e. The molecule has 0 spiro atoms. The number of rotatable bonds is 12. The number of hydrogen-bond donors (Lipinski definition) is 2. The van der Waals surface area contributed by atoms with Gasteiger partial charge in [0.05, 0.1) is 0 Å². The van der Waals surface area contributed by atoms with E-state index in [1.165, 1.54) is 0 Å². The van der Waals surface area contributed by atoms with Crippen LogP contribution >= 0.6 is 0 Å². The maximum absolute atomic E-state index is 13.3. The maximum Gasteiger partial charge on any atom is 0.188 e. The fraction of sp³-hybridized carbons (Fsp3) is 0.625. The van der Waals surface area contributed by atoms with Crippen LogP contribution in [0.2, 0.25) is 0 Å². The summed E-state index contributed by atoms with van der Waals surface area (Å²) < 4.78 is 0. The molecule has 2 rings (SSSR count). The molecular formula is C32H48O4. The summed E-state index contributed by atoms with van der Waals surface area (Å²) >= 11 is 0. The van der Waals surface area contributed by atoms with Crippen molar-refractivity contribution in [3.8, 4) is 0 Å². The zero-order chi connectivity index (χ0) is 27.4. The topological polar surface area (TPSA) is 74.6 Å². The van der Waals surface area contributed by atoms with Crippen LogP contribution in [0.3, 0.4) is 0 Å². The molecular weight excluding hydrogens is 448 g/mol. The number of Topliss-reactive ketones (excluding diaryl/α,β-unsaturated/α-hetero) is 2. The number of ketones is 2. The molecule has 0 amide bonds. The average Bonchev–Trinajstić information content (AvgIpc) is 2.76. The van der Waals surface area contributed by atoms with Crippen molar-refractivity contribution in [3.05, 3.63) is 58.7 Å². The van der Waals surface area contributed by atoms with Gasteiger partial charge in [-0.1, -0.05) is 91.8 Å². The highest BCUT2D eigenvalue weighted by molar-refractivity contribution is 6.13. The highest BCUT2D eigenvalue weighted by Gasteiger charge is 2.29. The SMILES string of the molecule is CC1(C)C=C(C=CC2=CC(C)(C)C=C(CCCC(C)(C)CO)C2=O)C(=O)C(CCCC(C)(C)CO)=C1. The third-order valence-corrected chi connectivity index (χ3v) is 7.15. The molecule has 0 aliphatic heterocycles. The lowest BCUT2D eigenvalue weighted by Crippen LogP contribution is -2.21. The van der Waals surface area contributed by atoms with Gasteiger partial charge in [0, 0.05) is 35.2 Å². The first-order valence-electron chi connectivity index (χ1n) is 13.4. The first kappa shape index (κ1) is 30.2. The molecule has 0 bridgehead atoms. The summed E-state index contributed by atoms with van der Waals surface area (Å²) in [6, 6.07) is 0. The summed E-state index contributed by atoms with van der Waals surface area (Å²) in [5, 5.41) is 19.1. The van der Waals surface area contributed by atoms with Crippen LogP contribution in [0.1, 0.15) is 93.9 Å². The highest BCUT2D eigenvalue weighted by Crippen LogP contribution is 2.36. The smallest absolute Gasteiger partial charge is 0.188 e. The predicted octanol–water partition coefficient (Wildman–Crippen LogP) is 6.84. The largest absolute Gasteiger partial charge is 0.396 e. The van der Waals surface area contributed by atoms with Gasteiger partial charge in [0.25, 0.3) is 0 Å². The van der Waals surface area contributed by atoms with Gasteiger partial charge in [-0.15, -0.1) is 0 Å². The molecule has 2 N–H and O–H groups in total. The van der Waals surface area contributed by atoms with Crippen molar-refractivity contribution in [1.29, 1.82) is 0 Å². The quantitative estimate of drug-likeness (QED) is 0.310. The second-order valence-corrected chi connectivity index (χ2v) is 13.5. The Morgan fingerprint density at radius 1 is 0.667 bits per heavy atom. The van der Waals surface area contributed by atoms with E-state index in [0.29, 0.717) is 24.0 Å². The van der Waals surface area contributed by atoms with Crippen molar-refractivity contribution in [2.45, 2.75) is 93.9 Å². The number of hydrogen-bond acceptors (Lipinski definition) is 4. The molecule has 2 aliphatic carbocycles. The molecule has 0 fully saturated rings. The van der Waals surface area contributed by atoms with E-state index in [1.807, 2.05) is 52.0 Å². The molecule has 0 saturated carbocycles. The molecule has 0 aromatic carbocycles. The van der Waals surface area contributed by atoms with Crippen LogP contribution < -0.4 is 0 Å². The van der Waals surface area contributed by atoms with Gasteiger partial charge in [-0.05, 0) is 60.5 Å². The molecule has 0 aromatic heterocycles. The van der Waals surface area contributed by atoms with Gasteiger partial charge in [-0.2, -0.15) is 0 Å². The summed E-state index contributed by atoms with van der Waals surface area (Å²) in [5.41, 5.74) is 2.10. The van der Waals surface area contributed by atoms with Gasteiger partial charge in [-0.25, -0.2) is 0 Å². The van der Waals surface area contributed by atoms with E-state index in [1.54, 1.807) is 0 Å². The van der Waals surface area contributed by atoms with E-state index < -0.39 is 0 Å². The Morgan fingerprint density at radius 3 is 1.31 bits per heavy atom. The molecule has 4 nitrogen and oxygen atoms in total. The maximum atomic E-state index is 13.3. The van der Waals surface area contributed by atoms with Gasteiger partial charge in [0.2, 0.25) is 0 Å². The second kappa shape index (κ2) is 11.6. The zero-order valence-corrected chi connectivity index (χ0v) is 23.8. The Balaban J connectivity index is 2.15. The van der Waals surface area contributed by atoms with Crippen molar-refractivity contribution >= 4 is 11.6 Å². The van der Waals surface area contributed by atoms with E-state index in [-0.39, 0.29) is 46.4 Å². The zero-order valence-electron chi connectivity index (χ0n) is 23.8. The standard InChI is InChI=1S/C32H48O4/c1-29(2,21-33)15-9-11-23-17-31(5,6)19-25(27(23)35)13-14-26-20-32(7,8)18-24(28(26)36)12-10-16-30(3,4)22-34/h13-14,17-20,33-34H,9-12,15-16,21-22H2,1-8H3. The molecule has 36 heavy (non-hydrogen) atoms. The summed E-state index contributed by atoms with van der Waals surface area (Å²) in [7, 11) is 0. The number of aliphatic hydroxyl groups excluding tert-OH is 2. The molecule has 0 radical (unpaired) electrons. The average molecular weight is 497 g/mol. The van der Waals surface area contributed by atoms with Gasteiger partial charge in [-0.3, -0.25) is 9.59 Å². The molecule has 0 heterocycles. The Bertz CT molecular complexity index is 913. The van der Waals surface area contributed by atoms with Crippen LogP contribution in [0.4, 0.5) is 0 Å². The van der Waals surface area contributed by atoms with Crippen LogP contribution in [-0.2, 0) is 9.59 Å². The minimum absolute atomic E-state index is 0.0255. The van der Waals surface area contributed by atoms with Crippen molar-refractivity contribution in [2.75, 3.05) is 13.2 Å². The van der Waals surface area contributed by atoms with Crippen molar-refractivity contribution in [3.63, 3.8) is 0 Å². The summed E-state index contributed by atoms with van der Waals surface area (Å²) in [4.78, 5) is 26.5.